The molecule has 0 aromatic heterocycles. The number of hydrogen-bond donors (Lipinski definition) is 1. The molecule has 0 aliphatic heterocycles. The van der Waals surface area contributed by atoms with Crippen molar-refractivity contribution < 1.29 is 9.90 Å². The zero-order chi connectivity index (χ0) is 7.11. The maximum absolute atomic E-state index is 9.93. The zero-order valence-electron chi connectivity index (χ0n) is 5.63. The lowest BCUT2D eigenvalue weighted by molar-refractivity contribution is -0.136. The zero-order valence-corrected chi connectivity index (χ0v) is 5.63. The maximum atomic E-state index is 9.93. The van der Waals surface area contributed by atoms with Gasteiger partial charge in [0.05, 0.1) is 0 Å². The molecular weight excluding hydrogens is 116 g/mol. The Bertz CT molecular complexity index is 105. The standard InChI is InChI=1S/C7H12O2/c1-2-3-4-5-6-7(8)9/h3-4H,2,5-6H2,1H3,(H,8,9). The van der Waals surface area contributed by atoms with Gasteiger partial charge in [0.1, 0.15) is 0 Å². The molecule has 0 heterocycles. The predicted molar refractivity (Wildman–Crippen MR) is 36.3 cm³/mol. The quantitative estimate of drug-likeness (QED) is 0.586. The Kier molecular flexibility index (Phi) is 4.88. The van der Waals surface area contributed by atoms with Crippen molar-refractivity contribution in [2.45, 2.75) is 26.2 Å². The molecule has 0 fully saturated rings. The highest BCUT2D eigenvalue weighted by atomic mass is 16.4. The minimum Gasteiger partial charge on any atom is -0.481 e. The molecule has 0 saturated heterocycles. The summed E-state index contributed by atoms with van der Waals surface area (Å²) in [5, 5.41) is 8.18. The number of carbonyl (C=O) groups is 1. The van der Waals surface area contributed by atoms with Gasteiger partial charge in [0, 0.05) is 6.42 Å². The Morgan fingerprint density at radius 1 is 1.56 bits per heavy atom. The molecule has 0 atom stereocenters. The van der Waals surface area contributed by atoms with Crippen molar-refractivity contribution in [3.05, 3.63) is 12.2 Å². The first-order chi connectivity index (χ1) is 4.27. The van der Waals surface area contributed by atoms with Crippen molar-refractivity contribution in [3.63, 3.8) is 0 Å². The summed E-state index contributed by atoms with van der Waals surface area (Å²) in [4.78, 5) is 9.93. The van der Waals surface area contributed by atoms with Gasteiger partial charge in [-0.1, -0.05) is 19.1 Å². The normalized spacial score (nSPS) is 10.3. The topological polar surface area (TPSA) is 37.3 Å². The lowest BCUT2D eigenvalue weighted by Crippen LogP contribution is -1.91. The number of rotatable bonds is 4. The van der Waals surface area contributed by atoms with Crippen LogP contribution in [0.2, 0.25) is 0 Å². The lowest BCUT2D eigenvalue weighted by Gasteiger charge is -1.85. The van der Waals surface area contributed by atoms with Crippen LogP contribution in [0.25, 0.3) is 0 Å². The maximum Gasteiger partial charge on any atom is 0.303 e. The van der Waals surface area contributed by atoms with E-state index in [0.717, 1.165) is 6.42 Å². The molecule has 0 saturated carbocycles. The minimum atomic E-state index is -0.726. The first-order valence-electron chi connectivity index (χ1n) is 3.14. The summed E-state index contributed by atoms with van der Waals surface area (Å²) in [7, 11) is 0. The van der Waals surface area contributed by atoms with Gasteiger partial charge in [-0.15, -0.1) is 0 Å². The number of allylic oxidation sites excluding steroid dienone is 2. The van der Waals surface area contributed by atoms with Crippen LogP contribution in [0.4, 0.5) is 0 Å². The molecule has 0 rings (SSSR count). The van der Waals surface area contributed by atoms with Crippen LogP contribution in [0.3, 0.4) is 0 Å². The van der Waals surface area contributed by atoms with Crippen molar-refractivity contribution in [3.8, 4) is 0 Å². The van der Waals surface area contributed by atoms with Gasteiger partial charge in [0.2, 0.25) is 0 Å². The molecule has 0 aliphatic carbocycles. The average molecular weight is 128 g/mol. The highest BCUT2D eigenvalue weighted by molar-refractivity contribution is 5.66. The smallest absolute Gasteiger partial charge is 0.303 e. The molecule has 9 heavy (non-hydrogen) atoms. The number of carboxylic acid groups (broad SMARTS) is 1. The van der Waals surface area contributed by atoms with Crippen LogP contribution < -0.4 is 0 Å². The predicted octanol–water partition coefficient (Wildman–Crippen LogP) is 1.82. The number of aliphatic carboxylic acids is 1. The average Bonchev–Trinajstić information content (AvgIpc) is 1.80. The number of carboxylic acids is 1. The monoisotopic (exact) mass is 128 g/mol. The third-order valence-corrected chi connectivity index (χ3v) is 0.927. The second-order valence-corrected chi connectivity index (χ2v) is 1.81. The van der Waals surface area contributed by atoms with Crippen molar-refractivity contribution in [1.82, 2.24) is 0 Å². The summed E-state index contributed by atoms with van der Waals surface area (Å²) in [5.74, 6) is -0.726. The molecule has 0 bridgehead atoms. The SMILES string of the molecule is CCC=CCCC(=O)O. The van der Waals surface area contributed by atoms with Gasteiger partial charge >= 0.3 is 5.97 Å². The molecule has 0 radical (unpaired) electrons. The van der Waals surface area contributed by atoms with E-state index in [9.17, 15) is 4.79 Å². The van der Waals surface area contributed by atoms with Crippen LogP contribution in [0.15, 0.2) is 12.2 Å². The third kappa shape index (κ3) is 7.21. The van der Waals surface area contributed by atoms with E-state index in [1.807, 2.05) is 19.1 Å². The van der Waals surface area contributed by atoms with E-state index in [0.29, 0.717) is 6.42 Å². The van der Waals surface area contributed by atoms with Crippen molar-refractivity contribution >= 4 is 5.97 Å². The van der Waals surface area contributed by atoms with Crippen molar-refractivity contribution in [1.29, 1.82) is 0 Å². The molecule has 0 unspecified atom stereocenters. The second kappa shape index (κ2) is 5.35. The van der Waals surface area contributed by atoms with Crippen LogP contribution in [0.1, 0.15) is 26.2 Å². The highest BCUT2D eigenvalue weighted by Gasteiger charge is 1.90. The molecule has 2 heteroatoms. The van der Waals surface area contributed by atoms with Gasteiger partial charge in [-0.05, 0) is 12.8 Å². The van der Waals surface area contributed by atoms with Crippen LogP contribution in [0.5, 0.6) is 0 Å². The van der Waals surface area contributed by atoms with Gasteiger partial charge in [-0.3, -0.25) is 4.79 Å². The summed E-state index contributed by atoms with van der Waals surface area (Å²) in [6, 6.07) is 0. The molecule has 0 amide bonds. The fourth-order valence-corrected chi connectivity index (χ4v) is 0.491. The van der Waals surface area contributed by atoms with E-state index in [4.69, 9.17) is 5.11 Å². The summed E-state index contributed by atoms with van der Waals surface area (Å²) in [6.45, 7) is 2.03. The van der Waals surface area contributed by atoms with Gasteiger partial charge < -0.3 is 5.11 Å². The van der Waals surface area contributed by atoms with Gasteiger partial charge in [0.15, 0.2) is 0 Å². The summed E-state index contributed by atoms with van der Waals surface area (Å²) < 4.78 is 0. The van der Waals surface area contributed by atoms with E-state index in [2.05, 4.69) is 0 Å². The van der Waals surface area contributed by atoms with Gasteiger partial charge in [0.25, 0.3) is 0 Å². The molecule has 1 N–H and O–H groups in total. The van der Waals surface area contributed by atoms with Crippen molar-refractivity contribution in [2.24, 2.45) is 0 Å². The lowest BCUT2D eigenvalue weighted by atomic mass is 10.3. The van der Waals surface area contributed by atoms with Crippen LogP contribution >= 0.6 is 0 Å². The van der Waals surface area contributed by atoms with E-state index in [-0.39, 0.29) is 6.42 Å². The van der Waals surface area contributed by atoms with Gasteiger partial charge in [-0.25, -0.2) is 0 Å². The molecule has 0 aromatic rings. The first-order valence-corrected chi connectivity index (χ1v) is 3.14. The van der Waals surface area contributed by atoms with E-state index < -0.39 is 5.97 Å². The van der Waals surface area contributed by atoms with Gasteiger partial charge in [-0.2, -0.15) is 0 Å². The first kappa shape index (κ1) is 8.21. The second-order valence-electron chi connectivity index (χ2n) is 1.81. The van der Waals surface area contributed by atoms with E-state index >= 15 is 0 Å². The Hall–Kier alpha value is -0.790. The highest BCUT2D eigenvalue weighted by Crippen LogP contribution is 1.91. The summed E-state index contributed by atoms with van der Waals surface area (Å²) in [5.41, 5.74) is 0. The van der Waals surface area contributed by atoms with Crippen LogP contribution in [-0.4, -0.2) is 11.1 Å². The van der Waals surface area contributed by atoms with E-state index in [1.54, 1.807) is 0 Å². The molecule has 52 valence electrons. The third-order valence-electron chi connectivity index (χ3n) is 0.927. The molecule has 0 aromatic carbocycles. The number of hydrogen-bond acceptors (Lipinski definition) is 1. The molecule has 2 nitrogen and oxygen atoms in total. The van der Waals surface area contributed by atoms with E-state index in [1.165, 1.54) is 0 Å². The minimum absolute atomic E-state index is 0.247. The Morgan fingerprint density at radius 2 is 2.22 bits per heavy atom. The largest absolute Gasteiger partial charge is 0.481 e. The van der Waals surface area contributed by atoms with Crippen LogP contribution in [-0.2, 0) is 4.79 Å². The van der Waals surface area contributed by atoms with Crippen molar-refractivity contribution in [2.75, 3.05) is 0 Å². The Balaban J connectivity index is 3.09. The Morgan fingerprint density at radius 3 is 2.67 bits per heavy atom. The molecular formula is C7H12O2. The fraction of sp³-hybridized carbons (Fsp3) is 0.571. The summed E-state index contributed by atoms with van der Waals surface area (Å²) in [6.07, 6.45) is 5.76. The molecule has 0 spiro atoms. The molecule has 0 aliphatic rings. The van der Waals surface area contributed by atoms with Crippen LogP contribution in [0, 0.1) is 0 Å². The fourth-order valence-electron chi connectivity index (χ4n) is 0.491. The summed E-state index contributed by atoms with van der Waals surface area (Å²) >= 11 is 0. The Labute approximate surface area is 55.2 Å².